The molecule has 0 saturated heterocycles. The Kier molecular flexibility index (Phi) is 6.14. The zero-order valence-electron chi connectivity index (χ0n) is 15.7. The lowest BCUT2D eigenvalue weighted by atomic mass is 10.0. The molecular weight excluding hydrogens is 371 g/mol. The minimum Gasteiger partial charge on any atom is -0.345 e. The maximum absolute atomic E-state index is 13.1. The number of nitro benzene ring substituents is 1. The maximum atomic E-state index is 13.1. The molecule has 3 rings (SSSR count). The molecule has 0 aliphatic carbocycles. The van der Waals surface area contributed by atoms with Crippen LogP contribution in [-0.4, -0.2) is 10.8 Å². The molecule has 1 unspecified atom stereocenters. The van der Waals surface area contributed by atoms with Crippen LogP contribution in [-0.2, 0) is 4.79 Å². The Morgan fingerprint density at radius 2 is 1.72 bits per heavy atom. The van der Waals surface area contributed by atoms with E-state index in [2.05, 4.69) is 5.32 Å². The van der Waals surface area contributed by atoms with Crippen LogP contribution in [0.4, 0.5) is 10.1 Å². The van der Waals surface area contributed by atoms with Crippen LogP contribution < -0.4 is 5.32 Å². The number of rotatable bonds is 6. The summed E-state index contributed by atoms with van der Waals surface area (Å²) in [5, 5.41) is 14.0. The van der Waals surface area contributed by atoms with Gasteiger partial charge in [0, 0.05) is 17.7 Å². The average molecular weight is 390 g/mol. The number of nitrogens with zero attached hydrogens (tertiary/aromatic N) is 1. The van der Waals surface area contributed by atoms with Gasteiger partial charge in [0.05, 0.1) is 11.0 Å². The van der Waals surface area contributed by atoms with Gasteiger partial charge in [0.25, 0.3) is 11.6 Å². The molecular formula is C23H19FN2O3. The topological polar surface area (TPSA) is 72.2 Å². The Hall–Kier alpha value is -3.80. The van der Waals surface area contributed by atoms with Crippen molar-refractivity contribution in [1.29, 1.82) is 0 Å². The highest BCUT2D eigenvalue weighted by Crippen LogP contribution is 2.23. The molecule has 1 amide bonds. The van der Waals surface area contributed by atoms with Gasteiger partial charge in [-0.15, -0.1) is 0 Å². The average Bonchev–Trinajstić information content (AvgIpc) is 2.73. The lowest BCUT2D eigenvalue weighted by Crippen LogP contribution is -2.27. The van der Waals surface area contributed by atoms with E-state index in [1.807, 2.05) is 18.2 Å². The third-order valence-electron chi connectivity index (χ3n) is 4.44. The number of carbonyl (C=O) groups excluding carboxylic acids is 1. The highest BCUT2D eigenvalue weighted by molar-refractivity contribution is 6.24. The fraction of sp³-hybridized carbons (Fsp3) is 0.0870. The largest absolute Gasteiger partial charge is 0.345 e. The van der Waals surface area contributed by atoms with Gasteiger partial charge >= 0.3 is 0 Å². The molecule has 29 heavy (non-hydrogen) atoms. The minimum atomic E-state index is -0.476. The number of benzene rings is 3. The van der Waals surface area contributed by atoms with Gasteiger partial charge in [0.15, 0.2) is 0 Å². The maximum Gasteiger partial charge on any atom is 0.270 e. The van der Waals surface area contributed by atoms with Gasteiger partial charge in [0.1, 0.15) is 5.82 Å². The summed E-state index contributed by atoms with van der Waals surface area (Å²) in [6.45, 7) is 1.81. The highest BCUT2D eigenvalue weighted by Gasteiger charge is 2.16. The number of amides is 1. The van der Waals surface area contributed by atoms with Gasteiger partial charge in [-0.1, -0.05) is 54.6 Å². The summed E-state index contributed by atoms with van der Waals surface area (Å²) < 4.78 is 13.1. The van der Waals surface area contributed by atoms with Crippen LogP contribution in [0.15, 0.2) is 78.9 Å². The van der Waals surface area contributed by atoms with Crippen LogP contribution in [0.25, 0.3) is 11.6 Å². The normalized spacial score (nSPS) is 12.3. The molecule has 3 aromatic rings. The molecule has 146 valence electrons. The molecule has 0 spiro atoms. The second-order valence-corrected chi connectivity index (χ2v) is 6.52. The standard InChI is InChI=1S/C23H19FN2O3/c1-16(18-10-12-20(24)13-11-18)25-23(27)22(19-7-3-2-4-8-19)15-17-6-5-9-21(14-17)26(28)29/h2-16H,1H3,(H,25,27)/b22-15+. The lowest BCUT2D eigenvalue weighted by Gasteiger charge is -2.16. The number of hydrogen-bond acceptors (Lipinski definition) is 3. The van der Waals surface area contributed by atoms with E-state index in [-0.39, 0.29) is 23.5 Å². The summed E-state index contributed by atoms with van der Waals surface area (Å²) in [6, 6.07) is 20.7. The predicted octanol–water partition coefficient (Wildman–Crippen LogP) is 5.15. The first-order chi connectivity index (χ1) is 13.9. The van der Waals surface area contributed by atoms with Crippen molar-refractivity contribution in [3.8, 4) is 0 Å². The Morgan fingerprint density at radius 1 is 1.03 bits per heavy atom. The van der Waals surface area contributed by atoms with E-state index in [9.17, 15) is 19.3 Å². The number of nitro groups is 1. The van der Waals surface area contributed by atoms with E-state index in [0.717, 1.165) is 5.56 Å². The molecule has 0 aliphatic rings. The summed E-state index contributed by atoms with van der Waals surface area (Å²) in [4.78, 5) is 23.6. The molecule has 0 aromatic heterocycles. The van der Waals surface area contributed by atoms with Crippen molar-refractivity contribution in [3.63, 3.8) is 0 Å². The lowest BCUT2D eigenvalue weighted by molar-refractivity contribution is -0.384. The number of hydrogen-bond donors (Lipinski definition) is 1. The van der Waals surface area contributed by atoms with Crippen molar-refractivity contribution in [2.24, 2.45) is 0 Å². The zero-order chi connectivity index (χ0) is 20.8. The van der Waals surface area contributed by atoms with E-state index in [4.69, 9.17) is 0 Å². The van der Waals surface area contributed by atoms with Crippen molar-refractivity contribution in [3.05, 3.63) is 111 Å². The molecule has 0 aliphatic heterocycles. The smallest absolute Gasteiger partial charge is 0.270 e. The van der Waals surface area contributed by atoms with Crippen LogP contribution >= 0.6 is 0 Å². The quantitative estimate of drug-likeness (QED) is 0.274. The van der Waals surface area contributed by atoms with Crippen molar-refractivity contribution in [2.75, 3.05) is 0 Å². The Bertz CT molecular complexity index is 1050. The fourth-order valence-corrected chi connectivity index (χ4v) is 2.90. The molecule has 1 N–H and O–H groups in total. The van der Waals surface area contributed by atoms with Crippen LogP contribution in [0, 0.1) is 15.9 Å². The number of non-ortho nitro benzene ring substituents is 1. The third kappa shape index (κ3) is 5.13. The molecule has 5 nitrogen and oxygen atoms in total. The van der Waals surface area contributed by atoms with Crippen molar-refractivity contribution in [1.82, 2.24) is 5.32 Å². The van der Waals surface area contributed by atoms with Crippen LogP contribution in [0.2, 0.25) is 0 Å². The zero-order valence-corrected chi connectivity index (χ0v) is 15.7. The van der Waals surface area contributed by atoms with Gasteiger partial charge < -0.3 is 5.32 Å². The Balaban J connectivity index is 1.93. The molecule has 0 bridgehead atoms. The third-order valence-corrected chi connectivity index (χ3v) is 4.44. The summed E-state index contributed by atoms with van der Waals surface area (Å²) in [5.74, 6) is -0.678. The molecule has 6 heteroatoms. The molecule has 0 heterocycles. The van der Waals surface area contributed by atoms with Gasteiger partial charge in [0.2, 0.25) is 0 Å². The molecule has 1 atom stereocenters. The summed E-state index contributed by atoms with van der Waals surface area (Å²) in [7, 11) is 0. The van der Waals surface area contributed by atoms with Gasteiger partial charge in [-0.2, -0.15) is 0 Å². The highest BCUT2D eigenvalue weighted by atomic mass is 19.1. The molecule has 0 radical (unpaired) electrons. The van der Waals surface area contributed by atoms with Crippen molar-refractivity contribution >= 4 is 23.2 Å². The monoisotopic (exact) mass is 390 g/mol. The molecule has 3 aromatic carbocycles. The molecule has 0 fully saturated rings. The van der Waals surface area contributed by atoms with Gasteiger partial charge in [-0.25, -0.2) is 4.39 Å². The Morgan fingerprint density at radius 3 is 2.38 bits per heavy atom. The fourth-order valence-electron chi connectivity index (χ4n) is 2.90. The summed E-state index contributed by atoms with van der Waals surface area (Å²) in [6.07, 6.45) is 1.62. The Labute approximate surface area is 167 Å². The van der Waals surface area contributed by atoms with E-state index in [1.54, 1.807) is 49.4 Å². The first-order valence-corrected chi connectivity index (χ1v) is 9.02. The second-order valence-electron chi connectivity index (χ2n) is 6.52. The van der Waals surface area contributed by atoms with Crippen molar-refractivity contribution in [2.45, 2.75) is 13.0 Å². The van der Waals surface area contributed by atoms with Crippen LogP contribution in [0.5, 0.6) is 0 Å². The first-order valence-electron chi connectivity index (χ1n) is 9.02. The van der Waals surface area contributed by atoms with E-state index < -0.39 is 4.92 Å². The second kappa shape index (κ2) is 8.93. The van der Waals surface area contributed by atoms with Crippen LogP contribution in [0.3, 0.4) is 0 Å². The predicted molar refractivity (Wildman–Crippen MR) is 110 cm³/mol. The minimum absolute atomic E-state index is 0.0498. The van der Waals surface area contributed by atoms with Gasteiger partial charge in [-0.05, 0) is 41.8 Å². The number of halogens is 1. The first kappa shape index (κ1) is 19.9. The molecule has 0 saturated carbocycles. The van der Waals surface area contributed by atoms with Crippen LogP contribution in [0.1, 0.15) is 29.7 Å². The number of nitrogens with one attached hydrogen (secondary N) is 1. The summed E-state index contributed by atoms with van der Waals surface area (Å²) >= 11 is 0. The van der Waals surface area contributed by atoms with E-state index in [1.165, 1.54) is 24.3 Å². The van der Waals surface area contributed by atoms with Gasteiger partial charge in [-0.3, -0.25) is 14.9 Å². The SMILES string of the molecule is CC(NC(=O)/C(=C/c1cccc([N+](=O)[O-])c1)c1ccccc1)c1ccc(F)cc1. The van der Waals surface area contributed by atoms with Crippen molar-refractivity contribution < 1.29 is 14.1 Å². The van der Waals surface area contributed by atoms with E-state index in [0.29, 0.717) is 16.7 Å². The van der Waals surface area contributed by atoms with E-state index >= 15 is 0 Å². The summed E-state index contributed by atoms with van der Waals surface area (Å²) in [5.41, 5.74) is 2.32. The number of carbonyl (C=O) groups is 1.